The number of aromatic nitrogens is 1. The van der Waals surface area contributed by atoms with Crippen LogP contribution < -0.4 is 10.0 Å². The number of pyridine rings is 1. The van der Waals surface area contributed by atoms with Crippen LogP contribution in [0.25, 0.3) is 10.9 Å². The van der Waals surface area contributed by atoms with E-state index in [9.17, 15) is 22.7 Å². The Labute approximate surface area is 214 Å². The minimum absolute atomic E-state index is 0.0212. The highest BCUT2D eigenvalue weighted by Gasteiger charge is 2.22. The lowest BCUT2D eigenvalue weighted by molar-refractivity contribution is 0.0948. The molecule has 0 unspecified atom stereocenters. The molecular formula is C24H18BrClFN3O4S. The molecule has 3 N–H and O–H groups in total. The van der Waals surface area contributed by atoms with Crippen molar-refractivity contribution < 1.29 is 22.7 Å². The molecule has 4 aromatic rings. The quantitative estimate of drug-likeness (QED) is 0.289. The van der Waals surface area contributed by atoms with E-state index in [1.54, 1.807) is 48.5 Å². The number of fused-ring (bicyclic) bond motifs is 1. The molecule has 7 nitrogen and oxygen atoms in total. The molecule has 0 atom stereocenters. The summed E-state index contributed by atoms with van der Waals surface area (Å²) in [5.74, 6) is -2.18. The molecule has 180 valence electrons. The van der Waals surface area contributed by atoms with Crippen LogP contribution in [0, 0.1) is 5.82 Å². The van der Waals surface area contributed by atoms with Crippen LogP contribution in [-0.2, 0) is 23.1 Å². The molecule has 0 aliphatic heterocycles. The Morgan fingerprint density at radius 1 is 1.03 bits per heavy atom. The highest BCUT2D eigenvalue weighted by atomic mass is 79.9. The third-order valence-electron chi connectivity index (χ3n) is 5.17. The predicted molar refractivity (Wildman–Crippen MR) is 134 cm³/mol. The number of carbonyl (C=O) groups is 1. The summed E-state index contributed by atoms with van der Waals surface area (Å²) in [4.78, 5) is 16.1. The van der Waals surface area contributed by atoms with Gasteiger partial charge in [0.15, 0.2) is 5.82 Å². The van der Waals surface area contributed by atoms with Crippen LogP contribution in [0.4, 0.5) is 4.39 Å². The normalized spacial score (nSPS) is 11.5. The van der Waals surface area contributed by atoms with Gasteiger partial charge in [0.1, 0.15) is 16.8 Å². The fourth-order valence-electron chi connectivity index (χ4n) is 3.29. The molecule has 0 fully saturated rings. The van der Waals surface area contributed by atoms with Gasteiger partial charge in [-0.1, -0.05) is 51.8 Å². The van der Waals surface area contributed by atoms with Gasteiger partial charge in [-0.2, -0.15) is 0 Å². The summed E-state index contributed by atoms with van der Waals surface area (Å²) in [7, 11) is -4.13. The van der Waals surface area contributed by atoms with Crippen LogP contribution in [0.5, 0.6) is 5.75 Å². The van der Waals surface area contributed by atoms with Gasteiger partial charge < -0.3 is 10.4 Å². The van der Waals surface area contributed by atoms with E-state index in [2.05, 4.69) is 31.0 Å². The Balaban J connectivity index is 1.59. The van der Waals surface area contributed by atoms with Gasteiger partial charge in [0.2, 0.25) is 10.0 Å². The number of aromatic hydroxyl groups is 1. The highest BCUT2D eigenvalue weighted by molar-refractivity contribution is 9.10. The lowest BCUT2D eigenvalue weighted by Crippen LogP contribution is -2.24. The zero-order chi connectivity index (χ0) is 25.2. The van der Waals surface area contributed by atoms with Crippen LogP contribution in [0.1, 0.15) is 21.5 Å². The first-order valence-corrected chi connectivity index (χ1v) is 12.9. The number of halogens is 3. The molecule has 0 bridgehead atoms. The minimum Gasteiger partial charge on any atom is -0.506 e. The summed E-state index contributed by atoms with van der Waals surface area (Å²) >= 11 is 9.16. The fourth-order valence-corrected chi connectivity index (χ4v) is 4.73. The number of amides is 1. The molecule has 0 radical (unpaired) electrons. The Morgan fingerprint density at radius 3 is 2.34 bits per heavy atom. The first kappa shape index (κ1) is 25.1. The second kappa shape index (κ2) is 10.3. The lowest BCUT2D eigenvalue weighted by atomic mass is 10.1. The van der Waals surface area contributed by atoms with Crippen LogP contribution in [0.2, 0.25) is 5.02 Å². The zero-order valence-electron chi connectivity index (χ0n) is 17.9. The first-order valence-electron chi connectivity index (χ1n) is 10.2. The average Bonchev–Trinajstić information content (AvgIpc) is 2.83. The van der Waals surface area contributed by atoms with Gasteiger partial charge in [-0.3, -0.25) is 9.78 Å². The van der Waals surface area contributed by atoms with Crippen LogP contribution in [0.15, 0.2) is 76.2 Å². The predicted octanol–water partition coefficient (Wildman–Crippen LogP) is 4.90. The van der Waals surface area contributed by atoms with Crippen LogP contribution >= 0.6 is 27.5 Å². The average molecular weight is 579 g/mol. The molecule has 3 aromatic carbocycles. The van der Waals surface area contributed by atoms with E-state index < -0.39 is 32.4 Å². The molecule has 0 saturated heterocycles. The van der Waals surface area contributed by atoms with Crippen molar-refractivity contribution in [3.63, 3.8) is 0 Å². The second-order valence-electron chi connectivity index (χ2n) is 7.58. The monoisotopic (exact) mass is 577 g/mol. The van der Waals surface area contributed by atoms with E-state index >= 15 is 0 Å². The van der Waals surface area contributed by atoms with Crippen molar-refractivity contribution >= 4 is 54.4 Å². The standard InChI is InChI=1S/C24H18BrClFN3O4S/c25-16-5-1-15(2-6-16)12-30-35(33,34)18-9-19-22(21(27)10-18)28-13-20(23(19)31)24(32)29-11-14-3-7-17(26)8-4-14/h1-10,13,30H,11-12H2,(H,28,31)(H,29,32). The number of rotatable bonds is 7. The van der Waals surface area contributed by atoms with E-state index in [0.29, 0.717) is 10.6 Å². The lowest BCUT2D eigenvalue weighted by Gasteiger charge is -2.12. The highest BCUT2D eigenvalue weighted by Crippen LogP contribution is 2.31. The van der Waals surface area contributed by atoms with Crippen molar-refractivity contribution in [2.24, 2.45) is 0 Å². The van der Waals surface area contributed by atoms with E-state index in [4.69, 9.17) is 11.6 Å². The van der Waals surface area contributed by atoms with E-state index in [0.717, 1.165) is 28.4 Å². The number of carbonyl (C=O) groups excluding carboxylic acids is 1. The van der Waals surface area contributed by atoms with Gasteiger partial charge >= 0.3 is 0 Å². The maximum absolute atomic E-state index is 14.7. The summed E-state index contributed by atoms with van der Waals surface area (Å²) < 4.78 is 43.6. The molecule has 0 aliphatic carbocycles. The van der Waals surface area contributed by atoms with Crippen molar-refractivity contribution in [2.75, 3.05) is 0 Å². The Morgan fingerprint density at radius 2 is 1.66 bits per heavy atom. The van der Waals surface area contributed by atoms with E-state index in [1.165, 1.54) is 0 Å². The van der Waals surface area contributed by atoms with Gasteiger partial charge in [-0.25, -0.2) is 17.5 Å². The molecule has 1 amide bonds. The molecule has 4 rings (SSSR count). The van der Waals surface area contributed by atoms with Gasteiger partial charge in [0.05, 0.1) is 4.90 Å². The Hall–Kier alpha value is -3.05. The zero-order valence-corrected chi connectivity index (χ0v) is 21.1. The number of sulfonamides is 1. The maximum atomic E-state index is 14.7. The molecule has 0 saturated carbocycles. The summed E-state index contributed by atoms with van der Waals surface area (Å²) in [5, 5.41) is 13.7. The third-order valence-corrected chi connectivity index (χ3v) is 7.33. The van der Waals surface area contributed by atoms with Crippen molar-refractivity contribution in [3.8, 4) is 5.75 Å². The van der Waals surface area contributed by atoms with Gasteiger partial charge in [0, 0.05) is 34.2 Å². The topological polar surface area (TPSA) is 108 Å². The molecule has 1 heterocycles. The Kier molecular flexibility index (Phi) is 7.36. The van der Waals surface area contributed by atoms with Gasteiger partial charge in [-0.05, 0) is 47.5 Å². The smallest absolute Gasteiger partial charge is 0.256 e. The third kappa shape index (κ3) is 5.79. The van der Waals surface area contributed by atoms with Crippen molar-refractivity contribution in [3.05, 3.63) is 98.9 Å². The molecular weight excluding hydrogens is 561 g/mol. The number of benzene rings is 3. The molecule has 0 aliphatic rings. The number of hydrogen-bond acceptors (Lipinski definition) is 5. The molecule has 35 heavy (non-hydrogen) atoms. The van der Waals surface area contributed by atoms with Gasteiger partial charge in [-0.15, -0.1) is 0 Å². The number of nitrogens with zero attached hydrogens (tertiary/aromatic N) is 1. The second-order valence-corrected chi connectivity index (χ2v) is 10.7. The fraction of sp³-hybridized carbons (Fsp3) is 0.0833. The first-order chi connectivity index (χ1) is 16.6. The number of nitrogens with one attached hydrogen (secondary N) is 2. The van der Waals surface area contributed by atoms with Crippen molar-refractivity contribution in [1.82, 2.24) is 15.0 Å². The van der Waals surface area contributed by atoms with Gasteiger partial charge in [0.25, 0.3) is 5.91 Å². The summed E-state index contributed by atoms with van der Waals surface area (Å²) in [6, 6.07) is 15.7. The molecule has 0 spiro atoms. The summed E-state index contributed by atoms with van der Waals surface area (Å²) in [5.41, 5.74) is 0.987. The van der Waals surface area contributed by atoms with Crippen LogP contribution in [0.3, 0.4) is 0 Å². The summed E-state index contributed by atoms with van der Waals surface area (Å²) in [6.45, 7) is 0.128. The minimum atomic E-state index is -4.13. The van der Waals surface area contributed by atoms with Crippen LogP contribution in [-0.4, -0.2) is 24.4 Å². The van der Waals surface area contributed by atoms with E-state index in [-0.39, 0.29) is 29.6 Å². The maximum Gasteiger partial charge on any atom is 0.256 e. The SMILES string of the molecule is O=C(NCc1ccc(Cl)cc1)c1cnc2c(F)cc(S(=O)(=O)NCc3ccc(Br)cc3)cc2c1O. The number of hydrogen-bond donors (Lipinski definition) is 3. The molecule has 11 heteroatoms. The molecule has 1 aromatic heterocycles. The van der Waals surface area contributed by atoms with E-state index in [1.807, 2.05) is 0 Å². The Bertz CT molecular complexity index is 1520. The largest absolute Gasteiger partial charge is 0.506 e. The van der Waals surface area contributed by atoms with Crippen molar-refractivity contribution in [2.45, 2.75) is 18.0 Å². The van der Waals surface area contributed by atoms with Crippen molar-refractivity contribution in [1.29, 1.82) is 0 Å². The summed E-state index contributed by atoms with van der Waals surface area (Å²) in [6.07, 6.45) is 1.04.